The summed E-state index contributed by atoms with van der Waals surface area (Å²) in [7, 11) is -4.33. The lowest BCUT2D eigenvalue weighted by Crippen LogP contribution is -2.23. The largest absolute Gasteiger partial charge is 0.469 e. The fourth-order valence-electron chi connectivity index (χ4n) is 3.56. The van der Waals surface area contributed by atoms with Gasteiger partial charge in [0.05, 0.1) is 6.61 Å². The highest BCUT2D eigenvalue weighted by Crippen LogP contribution is 2.35. The number of rotatable bonds is 23. The summed E-state index contributed by atoms with van der Waals surface area (Å²) in [5.41, 5.74) is 0. The van der Waals surface area contributed by atoms with Gasteiger partial charge in [-0.25, -0.2) is 4.57 Å². The summed E-state index contributed by atoms with van der Waals surface area (Å²) in [5.74, 6) is 0.138. The zero-order valence-corrected chi connectivity index (χ0v) is 20.3. The van der Waals surface area contributed by atoms with Gasteiger partial charge in [-0.1, -0.05) is 103 Å². The summed E-state index contributed by atoms with van der Waals surface area (Å²) in [4.78, 5) is 28.9. The molecule has 0 saturated carbocycles. The van der Waals surface area contributed by atoms with Gasteiger partial charge >= 0.3 is 7.82 Å². The van der Waals surface area contributed by atoms with Crippen LogP contribution in [0.15, 0.2) is 0 Å². The summed E-state index contributed by atoms with van der Waals surface area (Å²) in [6.45, 7) is 3.02. The van der Waals surface area contributed by atoms with Gasteiger partial charge in [-0.3, -0.25) is 9.32 Å². The van der Waals surface area contributed by atoms with Crippen LogP contribution in [0.4, 0.5) is 0 Å². The lowest BCUT2D eigenvalue weighted by Gasteiger charge is -2.06. The molecule has 7 heteroatoms. The van der Waals surface area contributed by atoms with E-state index in [0.29, 0.717) is 19.4 Å². The Kier molecular flexibility index (Phi) is 21.5. The standard InChI is InChI=1S/C23H48NO5P/c1-2-3-4-5-6-7-8-9-10-11-12-13-14-17-20-23(25)24-21-18-15-16-19-22-29-30(26,27)28/h2-22H2,1H3,(H,24,25)(H2,26,27,28). The average molecular weight is 450 g/mol. The molecule has 0 bridgehead atoms. The van der Waals surface area contributed by atoms with E-state index in [4.69, 9.17) is 9.79 Å². The van der Waals surface area contributed by atoms with Gasteiger partial charge < -0.3 is 15.1 Å². The third-order valence-electron chi connectivity index (χ3n) is 5.41. The number of carbonyl (C=O) groups excluding carboxylic acids is 1. The van der Waals surface area contributed by atoms with Crippen LogP contribution in [0.3, 0.4) is 0 Å². The van der Waals surface area contributed by atoms with E-state index in [1.54, 1.807) is 0 Å². The predicted octanol–water partition coefficient (Wildman–Crippen LogP) is 6.64. The van der Waals surface area contributed by atoms with Crippen LogP contribution < -0.4 is 5.32 Å². The molecular formula is C23H48NO5P. The van der Waals surface area contributed by atoms with Gasteiger partial charge in [-0.05, 0) is 19.3 Å². The number of amides is 1. The van der Waals surface area contributed by atoms with Crippen LogP contribution in [-0.4, -0.2) is 28.8 Å². The fourth-order valence-corrected chi connectivity index (χ4v) is 3.93. The molecule has 0 unspecified atom stereocenters. The van der Waals surface area contributed by atoms with E-state index >= 15 is 0 Å². The summed E-state index contributed by atoms with van der Waals surface area (Å²) in [6, 6.07) is 0. The van der Waals surface area contributed by atoms with Crippen molar-refractivity contribution >= 4 is 13.7 Å². The Labute approximate surface area is 185 Å². The molecule has 0 fully saturated rings. The maximum Gasteiger partial charge on any atom is 0.469 e. The number of hydrogen-bond acceptors (Lipinski definition) is 3. The third kappa shape index (κ3) is 25.6. The second kappa shape index (κ2) is 21.8. The molecule has 0 heterocycles. The molecule has 180 valence electrons. The molecule has 0 aromatic carbocycles. The van der Waals surface area contributed by atoms with E-state index < -0.39 is 7.82 Å². The van der Waals surface area contributed by atoms with E-state index in [0.717, 1.165) is 32.1 Å². The Morgan fingerprint density at radius 2 is 1.13 bits per heavy atom. The van der Waals surface area contributed by atoms with Crippen molar-refractivity contribution in [3.8, 4) is 0 Å². The first-order valence-corrected chi connectivity index (χ1v) is 14.0. The Morgan fingerprint density at radius 1 is 0.700 bits per heavy atom. The van der Waals surface area contributed by atoms with Crippen molar-refractivity contribution in [2.24, 2.45) is 0 Å². The van der Waals surface area contributed by atoms with Gasteiger partial charge in [-0.15, -0.1) is 0 Å². The van der Waals surface area contributed by atoms with Crippen LogP contribution >= 0.6 is 7.82 Å². The molecule has 0 aliphatic heterocycles. The van der Waals surface area contributed by atoms with Gasteiger partial charge in [-0.2, -0.15) is 0 Å². The second-order valence-corrected chi connectivity index (χ2v) is 9.67. The van der Waals surface area contributed by atoms with Crippen LogP contribution in [0.25, 0.3) is 0 Å². The molecule has 30 heavy (non-hydrogen) atoms. The molecular weight excluding hydrogens is 401 g/mol. The summed E-state index contributed by atoms with van der Waals surface area (Å²) in [5, 5.41) is 2.95. The molecule has 0 radical (unpaired) electrons. The Morgan fingerprint density at radius 3 is 1.63 bits per heavy atom. The molecule has 6 nitrogen and oxygen atoms in total. The molecule has 0 aromatic heterocycles. The molecule has 3 N–H and O–H groups in total. The van der Waals surface area contributed by atoms with Gasteiger partial charge in [0, 0.05) is 13.0 Å². The Balaban J connectivity index is 3.19. The number of phosphoric acid groups is 1. The SMILES string of the molecule is CCCCCCCCCCCCCCCCC(=O)NCCCCCCOP(=O)(O)O. The van der Waals surface area contributed by atoms with Crippen molar-refractivity contribution in [1.29, 1.82) is 0 Å². The second-order valence-electron chi connectivity index (χ2n) is 8.43. The van der Waals surface area contributed by atoms with Gasteiger partial charge in [0.15, 0.2) is 0 Å². The zero-order valence-electron chi connectivity index (χ0n) is 19.4. The fraction of sp³-hybridized carbons (Fsp3) is 0.957. The van der Waals surface area contributed by atoms with Crippen LogP contribution in [0, 0.1) is 0 Å². The van der Waals surface area contributed by atoms with Gasteiger partial charge in [0.25, 0.3) is 0 Å². The maximum absolute atomic E-state index is 11.8. The van der Waals surface area contributed by atoms with Crippen molar-refractivity contribution in [2.45, 2.75) is 129 Å². The average Bonchev–Trinajstić information content (AvgIpc) is 2.69. The topological polar surface area (TPSA) is 95.9 Å². The summed E-state index contributed by atoms with van der Waals surface area (Å²) >= 11 is 0. The smallest absolute Gasteiger partial charge is 0.356 e. The van der Waals surface area contributed by atoms with Gasteiger partial charge in [0.2, 0.25) is 5.91 Å². The van der Waals surface area contributed by atoms with Crippen LogP contribution in [-0.2, 0) is 13.9 Å². The minimum absolute atomic E-state index is 0.0791. The Hall–Kier alpha value is -0.420. The zero-order chi connectivity index (χ0) is 22.3. The number of unbranched alkanes of at least 4 members (excludes halogenated alkanes) is 16. The minimum Gasteiger partial charge on any atom is -0.356 e. The molecule has 0 aliphatic carbocycles. The summed E-state index contributed by atoms with van der Waals surface area (Å²) in [6.07, 6.45) is 22.4. The van der Waals surface area contributed by atoms with E-state index in [9.17, 15) is 9.36 Å². The maximum atomic E-state index is 11.8. The first kappa shape index (κ1) is 29.6. The van der Waals surface area contributed by atoms with E-state index in [1.165, 1.54) is 77.0 Å². The number of nitrogens with one attached hydrogen (secondary N) is 1. The van der Waals surface area contributed by atoms with E-state index in [-0.39, 0.29) is 12.5 Å². The monoisotopic (exact) mass is 449 g/mol. The van der Waals surface area contributed by atoms with Crippen molar-refractivity contribution in [1.82, 2.24) is 5.32 Å². The highest BCUT2D eigenvalue weighted by molar-refractivity contribution is 7.46. The molecule has 0 atom stereocenters. The third-order valence-corrected chi connectivity index (χ3v) is 5.93. The molecule has 0 aromatic rings. The number of phosphoric ester groups is 1. The van der Waals surface area contributed by atoms with Crippen molar-refractivity contribution in [3.63, 3.8) is 0 Å². The molecule has 0 saturated heterocycles. The molecule has 0 aliphatic rings. The van der Waals surface area contributed by atoms with E-state index in [1.807, 2.05) is 0 Å². The molecule has 0 spiro atoms. The minimum atomic E-state index is -4.33. The van der Waals surface area contributed by atoms with Crippen molar-refractivity contribution in [3.05, 3.63) is 0 Å². The number of hydrogen-bond donors (Lipinski definition) is 3. The predicted molar refractivity (Wildman–Crippen MR) is 124 cm³/mol. The highest BCUT2D eigenvalue weighted by Gasteiger charge is 2.12. The van der Waals surface area contributed by atoms with Crippen LogP contribution in [0.2, 0.25) is 0 Å². The first-order valence-electron chi connectivity index (χ1n) is 12.4. The molecule has 1 amide bonds. The van der Waals surface area contributed by atoms with Crippen molar-refractivity contribution in [2.75, 3.05) is 13.2 Å². The lowest BCUT2D eigenvalue weighted by molar-refractivity contribution is -0.121. The van der Waals surface area contributed by atoms with E-state index in [2.05, 4.69) is 16.8 Å². The highest BCUT2D eigenvalue weighted by atomic mass is 31.2. The van der Waals surface area contributed by atoms with Crippen molar-refractivity contribution < 1.29 is 23.7 Å². The quantitative estimate of drug-likeness (QED) is 0.120. The van der Waals surface area contributed by atoms with Crippen LogP contribution in [0.5, 0.6) is 0 Å². The first-order chi connectivity index (χ1) is 14.5. The lowest BCUT2D eigenvalue weighted by atomic mass is 10.0. The number of carbonyl (C=O) groups is 1. The summed E-state index contributed by atoms with van der Waals surface area (Å²) < 4.78 is 14.9. The normalized spacial score (nSPS) is 11.7. The van der Waals surface area contributed by atoms with Crippen LogP contribution in [0.1, 0.15) is 129 Å². The van der Waals surface area contributed by atoms with Gasteiger partial charge in [0.1, 0.15) is 0 Å². The molecule has 0 rings (SSSR count). The Bertz CT molecular complexity index is 428.